The van der Waals surface area contributed by atoms with Gasteiger partial charge in [0.25, 0.3) is 5.91 Å². The van der Waals surface area contributed by atoms with Crippen molar-refractivity contribution >= 4 is 23.6 Å². The second-order valence-corrected chi connectivity index (χ2v) is 6.79. The number of fused-ring (bicyclic) bond motifs is 1. The SMILES string of the molecule is CC(OC(=O)C=Cc1ccc2c(c1)OCO2)C(=O)Nc1ccc(C(C)C)cc1. The van der Waals surface area contributed by atoms with Crippen LogP contribution in [0, 0.1) is 0 Å². The summed E-state index contributed by atoms with van der Waals surface area (Å²) >= 11 is 0. The number of carbonyl (C=O) groups is 2. The highest BCUT2D eigenvalue weighted by atomic mass is 16.7. The van der Waals surface area contributed by atoms with Gasteiger partial charge in [-0.25, -0.2) is 4.79 Å². The molecule has 1 amide bonds. The van der Waals surface area contributed by atoms with Crippen LogP contribution < -0.4 is 14.8 Å². The Morgan fingerprint density at radius 3 is 2.46 bits per heavy atom. The number of benzene rings is 2. The Kier molecular flexibility index (Phi) is 5.99. The Morgan fingerprint density at radius 1 is 1.04 bits per heavy atom. The predicted molar refractivity (Wildman–Crippen MR) is 106 cm³/mol. The van der Waals surface area contributed by atoms with Crippen molar-refractivity contribution < 1.29 is 23.8 Å². The lowest BCUT2D eigenvalue weighted by molar-refractivity contribution is -0.148. The van der Waals surface area contributed by atoms with Gasteiger partial charge >= 0.3 is 5.97 Å². The molecule has 1 heterocycles. The Bertz CT molecular complexity index is 886. The average molecular weight is 381 g/mol. The molecule has 1 aliphatic heterocycles. The van der Waals surface area contributed by atoms with Crippen LogP contribution in [0.3, 0.4) is 0 Å². The first-order valence-electron chi connectivity index (χ1n) is 9.11. The van der Waals surface area contributed by atoms with Gasteiger partial charge in [0.15, 0.2) is 17.6 Å². The molecule has 2 aromatic rings. The Hall–Kier alpha value is -3.28. The van der Waals surface area contributed by atoms with Crippen LogP contribution in [-0.4, -0.2) is 24.8 Å². The lowest BCUT2D eigenvalue weighted by Gasteiger charge is -2.13. The lowest BCUT2D eigenvalue weighted by Crippen LogP contribution is -2.29. The molecule has 0 fully saturated rings. The number of rotatable bonds is 6. The quantitative estimate of drug-likeness (QED) is 0.602. The molecule has 146 valence electrons. The van der Waals surface area contributed by atoms with Gasteiger partial charge in [-0.2, -0.15) is 0 Å². The van der Waals surface area contributed by atoms with Crippen molar-refractivity contribution in [2.75, 3.05) is 12.1 Å². The van der Waals surface area contributed by atoms with Gasteiger partial charge in [0, 0.05) is 11.8 Å². The Morgan fingerprint density at radius 2 is 1.75 bits per heavy atom. The maximum absolute atomic E-state index is 12.2. The number of carbonyl (C=O) groups excluding carboxylic acids is 2. The van der Waals surface area contributed by atoms with Crippen LogP contribution in [-0.2, 0) is 14.3 Å². The molecule has 3 rings (SSSR count). The van der Waals surface area contributed by atoms with Crippen LogP contribution >= 0.6 is 0 Å². The van der Waals surface area contributed by atoms with Crippen molar-refractivity contribution in [2.45, 2.75) is 32.8 Å². The van der Waals surface area contributed by atoms with Gasteiger partial charge in [-0.15, -0.1) is 0 Å². The Balaban J connectivity index is 1.52. The summed E-state index contributed by atoms with van der Waals surface area (Å²) in [5.74, 6) is 0.733. The van der Waals surface area contributed by atoms with Crippen LogP contribution in [0.2, 0.25) is 0 Å². The smallest absolute Gasteiger partial charge is 0.331 e. The summed E-state index contributed by atoms with van der Waals surface area (Å²) in [6.45, 7) is 5.93. The van der Waals surface area contributed by atoms with E-state index in [4.69, 9.17) is 14.2 Å². The van der Waals surface area contributed by atoms with Crippen molar-refractivity contribution in [3.05, 3.63) is 59.7 Å². The molecule has 1 N–H and O–H groups in total. The second-order valence-electron chi connectivity index (χ2n) is 6.79. The molecule has 0 aliphatic carbocycles. The molecule has 2 aromatic carbocycles. The zero-order valence-electron chi connectivity index (χ0n) is 16.1. The van der Waals surface area contributed by atoms with E-state index in [-0.39, 0.29) is 12.7 Å². The first-order chi connectivity index (χ1) is 13.4. The summed E-state index contributed by atoms with van der Waals surface area (Å²) in [5.41, 5.74) is 2.61. The van der Waals surface area contributed by atoms with E-state index in [1.54, 1.807) is 24.3 Å². The summed E-state index contributed by atoms with van der Waals surface area (Å²) < 4.78 is 15.7. The average Bonchev–Trinajstić information content (AvgIpc) is 3.14. The van der Waals surface area contributed by atoms with Crippen molar-refractivity contribution in [1.29, 1.82) is 0 Å². The molecule has 0 bridgehead atoms. The van der Waals surface area contributed by atoms with Gasteiger partial charge in [-0.3, -0.25) is 4.79 Å². The molecule has 0 aromatic heterocycles. The minimum atomic E-state index is -0.918. The van der Waals surface area contributed by atoms with Gasteiger partial charge in [-0.1, -0.05) is 32.0 Å². The number of hydrogen-bond acceptors (Lipinski definition) is 5. The van der Waals surface area contributed by atoms with Crippen LogP contribution in [0.1, 0.15) is 37.8 Å². The number of esters is 1. The van der Waals surface area contributed by atoms with Crippen LogP contribution in [0.5, 0.6) is 11.5 Å². The molecule has 1 atom stereocenters. The van der Waals surface area contributed by atoms with E-state index in [0.717, 1.165) is 5.56 Å². The van der Waals surface area contributed by atoms with Crippen LogP contribution in [0.15, 0.2) is 48.5 Å². The molecule has 0 saturated carbocycles. The summed E-state index contributed by atoms with van der Waals surface area (Å²) in [7, 11) is 0. The standard InChI is InChI=1S/C22H23NO5/c1-14(2)17-6-8-18(9-7-17)23-22(25)15(3)28-21(24)11-5-16-4-10-19-20(12-16)27-13-26-19/h4-12,14-15H,13H2,1-3H3,(H,23,25). The summed E-state index contributed by atoms with van der Waals surface area (Å²) in [6, 6.07) is 12.9. The van der Waals surface area contributed by atoms with Gasteiger partial charge in [-0.05, 0) is 54.3 Å². The summed E-state index contributed by atoms with van der Waals surface area (Å²) in [4.78, 5) is 24.2. The van der Waals surface area contributed by atoms with Gasteiger partial charge in [0.2, 0.25) is 6.79 Å². The number of hydrogen-bond donors (Lipinski definition) is 1. The van der Waals surface area contributed by atoms with Crippen molar-refractivity contribution in [2.24, 2.45) is 0 Å². The number of nitrogens with one attached hydrogen (secondary N) is 1. The van der Waals surface area contributed by atoms with E-state index in [9.17, 15) is 9.59 Å². The third-order valence-corrected chi connectivity index (χ3v) is 4.32. The zero-order valence-corrected chi connectivity index (χ0v) is 16.1. The normalized spacial score (nSPS) is 13.6. The maximum atomic E-state index is 12.2. The largest absolute Gasteiger partial charge is 0.454 e. The highest BCUT2D eigenvalue weighted by Crippen LogP contribution is 2.32. The van der Waals surface area contributed by atoms with Gasteiger partial charge in [0.1, 0.15) is 0 Å². The van der Waals surface area contributed by atoms with Crippen molar-refractivity contribution in [1.82, 2.24) is 0 Å². The minimum Gasteiger partial charge on any atom is -0.454 e. The Labute approximate surface area is 164 Å². The first kappa shape index (κ1) is 19.5. The third kappa shape index (κ3) is 4.91. The van der Waals surface area contributed by atoms with Crippen molar-refractivity contribution in [3.63, 3.8) is 0 Å². The molecule has 0 saturated heterocycles. The van der Waals surface area contributed by atoms with Gasteiger partial charge in [0.05, 0.1) is 0 Å². The monoisotopic (exact) mass is 381 g/mol. The highest BCUT2D eigenvalue weighted by Gasteiger charge is 2.17. The minimum absolute atomic E-state index is 0.192. The van der Waals surface area contributed by atoms with E-state index in [0.29, 0.717) is 23.1 Å². The van der Waals surface area contributed by atoms with Crippen LogP contribution in [0.25, 0.3) is 6.08 Å². The highest BCUT2D eigenvalue weighted by molar-refractivity contribution is 5.96. The first-order valence-corrected chi connectivity index (χ1v) is 9.11. The van der Waals surface area contributed by atoms with E-state index in [2.05, 4.69) is 19.2 Å². The molecule has 1 aliphatic rings. The summed E-state index contributed by atoms with van der Waals surface area (Å²) in [6.07, 6.45) is 1.96. The fourth-order valence-electron chi connectivity index (χ4n) is 2.64. The lowest BCUT2D eigenvalue weighted by atomic mass is 10.0. The van der Waals surface area contributed by atoms with E-state index >= 15 is 0 Å². The third-order valence-electron chi connectivity index (χ3n) is 4.32. The molecule has 6 nitrogen and oxygen atoms in total. The summed E-state index contributed by atoms with van der Waals surface area (Å²) in [5, 5.41) is 2.74. The zero-order chi connectivity index (χ0) is 20.1. The molecule has 6 heteroatoms. The number of ether oxygens (including phenoxy) is 3. The second kappa shape index (κ2) is 8.61. The number of amides is 1. The fourth-order valence-corrected chi connectivity index (χ4v) is 2.64. The van der Waals surface area contributed by atoms with Crippen molar-refractivity contribution in [3.8, 4) is 11.5 Å². The van der Waals surface area contributed by atoms with Crippen LogP contribution in [0.4, 0.5) is 5.69 Å². The molecule has 1 unspecified atom stereocenters. The molecule has 0 spiro atoms. The molecule has 0 radical (unpaired) electrons. The fraction of sp³-hybridized carbons (Fsp3) is 0.273. The predicted octanol–water partition coefficient (Wildman–Crippen LogP) is 4.12. The number of anilines is 1. The van der Waals surface area contributed by atoms with E-state index in [1.807, 2.05) is 24.3 Å². The molecular formula is C22H23NO5. The van der Waals surface area contributed by atoms with E-state index < -0.39 is 12.1 Å². The topological polar surface area (TPSA) is 73.9 Å². The molecular weight excluding hydrogens is 358 g/mol. The van der Waals surface area contributed by atoms with Gasteiger partial charge < -0.3 is 19.5 Å². The maximum Gasteiger partial charge on any atom is 0.331 e. The van der Waals surface area contributed by atoms with E-state index in [1.165, 1.54) is 18.6 Å². The molecule has 28 heavy (non-hydrogen) atoms.